The summed E-state index contributed by atoms with van der Waals surface area (Å²) >= 11 is 0. The molecule has 1 aliphatic rings. The molecule has 1 fully saturated rings. The highest BCUT2D eigenvalue weighted by molar-refractivity contribution is 5.71. The van der Waals surface area contributed by atoms with E-state index in [2.05, 4.69) is 5.32 Å². The summed E-state index contributed by atoms with van der Waals surface area (Å²) in [6.45, 7) is 16.2. The Kier molecular flexibility index (Phi) is 7.72. The van der Waals surface area contributed by atoms with Gasteiger partial charge >= 0.3 is 12.1 Å². The zero-order valence-corrected chi connectivity index (χ0v) is 17.0. The first-order valence-corrected chi connectivity index (χ1v) is 9.26. The summed E-state index contributed by atoms with van der Waals surface area (Å²) in [5, 5.41) is 3.32. The largest absolute Gasteiger partial charge is 0.460 e. The summed E-state index contributed by atoms with van der Waals surface area (Å²) in [5.41, 5.74) is -1.02. The van der Waals surface area contributed by atoms with E-state index in [1.807, 2.05) is 48.5 Å². The standard InChI is InChI=1S/C19H36N2O4/c1-14(10-16(22)24-18(2,3)4)12-21(13-15-8-9-20-11-15)17(23)25-19(5,6)7/h14-15,20H,8-13H2,1-7H3. The summed E-state index contributed by atoms with van der Waals surface area (Å²) in [7, 11) is 0. The Labute approximate surface area is 152 Å². The lowest BCUT2D eigenvalue weighted by atomic mass is 10.0. The summed E-state index contributed by atoms with van der Waals surface area (Å²) in [4.78, 5) is 26.3. The molecule has 0 spiro atoms. The van der Waals surface area contributed by atoms with Gasteiger partial charge in [-0.3, -0.25) is 4.79 Å². The normalized spacial score (nSPS) is 19.4. The zero-order valence-electron chi connectivity index (χ0n) is 17.0. The molecule has 2 unspecified atom stereocenters. The van der Waals surface area contributed by atoms with Gasteiger partial charge < -0.3 is 19.7 Å². The average Bonchev–Trinajstić information content (AvgIpc) is 2.85. The second-order valence-corrected chi connectivity index (χ2v) is 9.14. The third-order valence-electron chi connectivity index (χ3n) is 3.76. The van der Waals surface area contributed by atoms with Crippen molar-refractivity contribution in [1.82, 2.24) is 10.2 Å². The molecular formula is C19H36N2O4. The van der Waals surface area contributed by atoms with Gasteiger partial charge in [0.15, 0.2) is 0 Å². The molecule has 1 rings (SSSR count). The Balaban J connectivity index is 2.64. The highest BCUT2D eigenvalue weighted by Gasteiger charge is 2.28. The van der Waals surface area contributed by atoms with Crippen molar-refractivity contribution >= 4 is 12.1 Å². The van der Waals surface area contributed by atoms with Crippen molar-refractivity contribution in [3.63, 3.8) is 0 Å². The van der Waals surface area contributed by atoms with Crippen LogP contribution in [-0.2, 0) is 14.3 Å². The minimum atomic E-state index is -0.530. The van der Waals surface area contributed by atoms with Gasteiger partial charge in [-0.05, 0) is 72.9 Å². The van der Waals surface area contributed by atoms with Crippen LogP contribution in [0.2, 0.25) is 0 Å². The number of hydrogen-bond donors (Lipinski definition) is 1. The van der Waals surface area contributed by atoms with Crippen LogP contribution in [0.5, 0.6) is 0 Å². The van der Waals surface area contributed by atoms with Crippen molar-refractivity contribution in [1.29, 1.82) is 0 Å². The fourth-order valence-corrected chi connectivity index (χ4v) is 2.84. The summed E-state index contributed by atoms with van der Waals surface area (Å²) in [6, 6.07) is 0. The molecule has 146 valence electrons. The fourth-order valence-electron chi connectivity index (χ4n) is 2.84. The maximum Gasteiger partial charge on any atom is 0.410 e. The van der Waals surface area contributed by atoms with Gasteiger partial charge in [0.1, 0.15) is 11.2 Å². The first kappa shape index (κ1) is 21.7. The van der Waals surface area contributed by atoms with Gasteiger partial charge in [0.05, 0.1) is 0 Å². The van der Waals surface area contributed by atoms with Gasteiger partial charge in [-0.1, -0.05) is 6.92 Å². The van der Waals surface area contributed by atoms with E-state index in [-0.39, 0.29) is 18.0 Å². The molecule has 1 amide bonds. The lowest BCUT2D eigenvalue weighted by molar-refractivity contribution is -0.156. The molecule has 0 aliphatic carbocycles. The number of carbonyl (C=O) groups is 2. The first-order chi connectivity index (χ1) is 11.4. The van der Waals surface area contributed by atoms with Crippen molar-refractivity contribution in [2.45, 2.75) is 72.5 Å². The van der Waals surface area contributed by atoms with Crippen LogP contribution in [0.1, 0.15) is 61.3 Å². The van der Waals surface area contributed by atoms with Crippen molar-refractivity contribution in [3.8, 4) is 0 Å². The van der Waals surface area contributed by atoms with Gasteiger partial charge in [0, 0.05) is 19.5 Å². The third-order valence-corrected chi connectivity index (χ3v) is 3.76. The first-order valence-electron chi connectivity index (χ1n) is 9.26. The topological polar surface area (TPSA) is 67.9 Å². The molecule has 2 atom stereocenters. The number of rotatable bonds is 6. The summed E-state index contributed by atoms with van der Waals surface area (Å²) < 4.78 is 10.9. The number of hydrogen-bond acceptors (Lipinski definition) is 5. The second kappa shape index (κ2) is 8.88. The Hall–Kier alpha value is -1.30. The quantitative estimate of drug-likeness (QED) is 0.740. The zero-order chi connectivity index (χ0) is 19.3. The SMILES string of the molecule is CC(CC(=O)OC(C)(C)C)CN(CC1CCNC1)C(=O)OC(C)(C)C. The monoisotopic (exact) mass is 356 g/mol. The molecule has 0 saturated carbocycles. The fraction of sp³-hybridized carbons (Fsp3) is 0.895. The molecule has 6 nitrogen and oxygen atoms in total. The van der Waals surface area contributed by atoms with Crippen LogP contribution in [0.4, 0.5) is 4.79 Å². The molecule has 6 heteroatoms. The smallest absolute Gasteiger partial charge is 0.410 e. The van der Waals surface area contributed by atoms with Crippen LogP contribution in [-0.4, -0.2) is 54.3 Å². The van der Waals surface area contributed by atoms with Gasteiger partial charge in [-0.25, -0.2) is 4.79 Å². The van der Waals surface area contributed by atoms with E-state index in [9.17, 15) is 9.59 Å². The summed E-state index contributed by atoms with van der Waals surface area (Å²) in [5.74, 6) is 0.213. The van der Waals surface area contributed by atoms with Crippen LogP contribution in [0.3, 0.4) is 0 Å². The number of carbonyl (C=O) groups excluding carboxylic acids is 2. The van der Waals surface area contributed by atoms with E-state index in [1.165, 1.54) is 0 Å². The highest BCUT2D eigenvalue weighted by Crippen LogP contribution is 2.18. The molecule has 1 saturated heterocycles. The Morgan fingerprint density at radius 3 is 2.20 bits per heavy atom. The highest BCUT2D eigenvalue weighted by atomic mass is 16.6. The van der Waals surface area contributed by atoms with Gasteiger partial charge in [-0.2, -0.15) is 0 Å². The van der Waals surface area contributed by atoms with Gasteiger partial charge in [-0.15, -0.1) is 0 Å². The lowest BCUT2D eigenvalue weighted by Crippen LogP contribution is -2.42. The second-order valence-electron chi connectivity index (χ2n) is 9.14. The molecule has 0 radical (unpaired) electrons. The predicted molar refractivity (Wildman–Crippen MR) is 98.4 cm³/mol. The van der Waals surface area contributed by atoms with E-state index in [0.717, 1.165) is 19.5 Å². The number of amides is 1. The van der Waals surface area contributed by atoms with E-state index in [4.69, 9.17) is 9.47 Å². The van der Waals surface area contributed by atoms with Gasteiger partial charge in [0.2, 0.25) is 0 Å². The molecule has 0 aromatic rings. The number of ether oxygens (including phenoxy) is 2. The lowest BCUT2D eigenvalue weighted by Gasteiger charge is -2.31. The molecule has 0 aromatic heterocycles. The molecule has 0 bridgehead atoms. The maximum absolute atomic E-state index is 12.6. The third kappa shape index (κ3) is 9.68. The van der Waals surface area contributed by atoms with E-state index < -0.39 is 11.2 Å². The molecule has 25 heavy (non-hydrogen) atoms. The number of nitrogens with one attached hydrogen (secondary N) is 1. The van der Waals surface area contributed by atoms with Crippen molar-refractivity contribution < 1.29 is 19.1 Å². The maximum atomic E-state index is 12.6. The van der Waals surface area contributed by atoms with Crippen LogP contribution in [0, 0.1) is 11.8 Å². The number of nitrogens with zero attached hydrogens (tertiary/aromatic N) is 1. The van der Waals surface area contributed by atoms with Crippen LogP contribution >= 0.6 is 0 Å². The molecule has 1 N–H and O–H groups in total. The minimum absolute atomic E-state index is 0.0109. The van der Waals surface area contributed by atoms with Crippen molar-refractivity contribution in [2.75, 3.05) is 26.2 Å². The van der Waals surface area contributed by atoms with Crippen molar-refractivity contribution in [2.24, 2.45) is 11.8 Å². The molecular weight excluding hydrogens is 320 g/mol. The number of esters is 1. The van der Waals surface area contributed by atoms with Crippen molar-refractivity contribution in [3.05, 3.63) is 0 Å². The Morgan fingerprint density at radius 2 is 1.72 bits per heavy atom. The average molecular weight is 357 g/mol. The van der Waals surface area contributed by atoms with Gasteiger partial charge in [0.25, 0.3) is 0 Å². The summed E-state index contributed by atoms with van der Waals surface area (Å²) in [6.07, 6.45) is 1.04. The molecule has 1 aliphatic heterocycles. The minimum Gasteiger partial charge on any atom is -0.460 e. The Morgan fingerprint density at radius 1 is 1.12 bits per heavy atom. The predicted octanol–water partition coefficient (Wildman–Crippen LogP) is 3.20. The van der Waals surface area contributed by atoms with Crippen LogP contribution in [0.25, 0.3) is 0 Å². The molecule has 0 aromatic carbocycles. The van der Waals surface area contributed by atoms with E-state index in [0.29, 0.717) is 25.4 Å². The molecule has 1 heterocycles. The Bertz CT molecular complexity index is 445. The van der Waals surface area contributed by atoms with E-state index >= 15 is 0 Å². The van der Waals surface area contributed by atoms with Crippen LogP contribution < -0.4 is 5.32 Å². The van der Waals surface area contributed by atoms with E-state index in [1.54, 1.807) is 4.90 Å². The van der Waals surface area contributed by atoms with Crippen LogP contribution in [0.15, 0.2) is 0 Å².